The van der Waals surface area contributed by atoms with Gasteiger partial charge in [-0.3, -0.25) is 10.1 Å². The molecule has 1 aliphatic rings. The van der Waals surface area contributed by atoms with Crippen molar-refractivity contribution in [1.29, 1.82) is 5.26 Å². The number of nitrogens with one attached hydrogen (secondary N) is 1. The third kappa shape index (κ3) is 3.18. The van der Waals surface area contributed by atoms with Crippen molar-refractivity contribution in [2.45, 2.75) is 30.6 Å². The Morgan fingerprint density at radius 3 is 2.89 bits per heavy atom. The zero-order valence-corrected chi connectivity index (χ0v) is 11.4. The van der Waals surface area contributed by atoms with Crippen LogP contribution in [0, 0.1) is 21.4 Å². The highest BCUT2D eigenvalue weighted by Gasteiger charge is 2.26. The highest BCUT2D eigenvalue weighted by Crippen LogP contribution is 2.33. The molecular weight excluding hydrogens is 262 g/mol. The third-order valence-electron chi connectivity index (χ3n) is 3.40. The minimum atomic E-state index is -0.412. The Morgan fingerprint density at radius 2 is 2.32 bits per heavy atom. The molecule has 2 atom stereocenters. The van der Waals surface area contributed by atoms with Gasteiger partial charge in [0.2, 0.25) is 0 Å². The normalized spacial score (nSPS) is 21.9. The van der Waals surface area contributed by atoms with Gasteiger partial charge >= 0.3 is 0 Å². The van der Waals surface area contributed by atoms with Crippen molar-refractivity contribution in [2.24, 2.45) is 0 Å². The zero-order valence-electron chi connectivity index (χ0n) is 10.6. The molecule has 1 aromatic rings. The van der Waals surface area contributed by atoms with E-state index in [1.807, 2.05) is 17.8 Å². The van der Waals surface area contributed by atoms with E-state index in [0.717, 1.165) is 19.3 Å². The van der Waals surface area contributed by atoms with Crippen molar-refractivity contribution in [2.75, 3.05) is 11.6 Å². The Kier molecular flexibility index (Phi) is 4.27. The number of nitrogens with zero attached hydrogens (tertiary/aromatic N) is 2. The smallest absolute Gasteiger partial charge is 0.292 e. The first-order valence-electron chi connectivity index (χ1n) is 6.12. The second kappa shape index (κ2) is 5.93. The Labute approximate surface area is 116 Å². The molecule has 0 heterocycles. The quantitative estimate of drug-likeness (QED) is 0.675. The summed E-state index contributed by atoms with van der Waals surface area (Å²) in [6.45, 7) is 0. The van der Waals surface area contributed by atoms with E-state index in [2.05, 4.69) is 11.6 Å². The molecule has 0 aromatic heterocycles. The first kappa shape index (κ1) is 13.7. The van der Waals surface area contributed by atoms with Crippen LogP contribution in [-0.2, 0) is 0 Å². The number of hydrogen-bond donors (Lipinski definition) is 1. The van der Waals surface area contributed by atoms with Gasteiger partial charge < -0.3 is 5.32 Å². The van der Waals surface area contributed by atoms with Crippen LogP contribution in [0.5, 0.6) is 0 Å². The van der Waals surface area contributed by atoms with Crippen LogP contribution in [0.3, 0.4) is 0 Å². The van der Waals surface area contributed by atoms with Crippen molar-refractivity contribution in [3.63, 3.8) is 0 Å². The van der Waals surface area contributed by atoms with Crippen LogP contribution in [0.15, 0.2) is 18.2 Å². The van der Waals surface area contributed by atoms with Crippen LogP contribution < -0.4 is 5.32 Å². The highest BCUT2D eigenvalue weighted by molar-refractivity contribution is 7.99. The molecular formula is C13H15N3O2S. The van der Waals surface area contributed by atoms with Gasteiger partial charge in [-0.15, -0.1) is 0 Å². The lowest BCUT2D eigenvalue weighted by molar-refractivity contribution is -0.384. The maximum absolute atomic E-state index is 11.0. The van der Waals surface area contributed by atoms with Gasteiger partial charge in [0.25, 0.3) is 5.69 Å². The van der Waals surface area contributed by atoms with E-state index >= 15 is 0 Å². The highest BCUT2D eigenvalue weighted by atomic mass is 32.2. The summed E-state index contributed by atoms with van der Waals surface area (Å²) in [6.07, 6.45) is 5.24. The molecule has 1 N–H and O–H groups in total. The van der Waals surface area contributed by atoms with E-state index in [0.29, 0.717) is 16.5 Å². The van der Waals surface area contributed by atoms with Crippen LogP contribution in [0.2, 0.25) is 0 Å². The largest absolute Gasteiger partial charge is 0.377 e. The van der Waals surface area contributed by atoms with Gasteiger partial charge in [0.05, 0.1) is 16.6 Å². The molecule has 1 fully saturated rings. The summed E-state index contributed by atoms with van der Waals surface area (Å²) in [4.78, 5) is 10.6. The van der Waals surface area contributed by atoms with E-state index in [1.54, 1.807) is 6.07 Å². The average molecular weight is 277 g/mol. The summed E-state index contributed by atoms with van der Waals surface area (Å²) in [5.41, 5.74) is 0.926. The second-order valence-corrected chi connectivity index (χ2v) is 5.75. The van der Waals surface area contributed by atoms with E-state index in [1.165, 1.54) is 12.1 Å². The summed E-state index contributed by atoms with van der Waals surface area (Å²) in [7, 11) is 0. The minimum absolute atomic E-state index is 0.0339. The number of anilines is 1. The van der Waals surface area contributed by atoms with E-state index in [4.69, 9.17) is 5.26 Å². The standard InChI is InChI=1S/C13H15N3O2S/c1-19-11-4-3-10(7-11)15-12-6-9(8-14)2-5-13(12)16(17)18/h2,5-6,10-11,15H,3-4,7H2,1H3. The predicted octanol–water partition coefficient (Wildman–Crippen LogP) is 3.16. The Bertz CT molecular complexity index is 527. The van der Waals surface area contributed by atoms with Gasteiger partial charge in [-0.2, -0.15) is 17.0 Å². The third-order valence-corrected chi connectivity index (χ3v) is 4.49. The van der Waals surface area contributed by atoms with Crippen molar-refractivity contribution in [3.8, 4) is 6.07 Å². The average Bonchev–Trinajstić information content (AvgIpc) is 2.86. The fraction of sp³-hybridized carbons (Fsp3) is 0.462. The number of hydrogen-bond acceptors (Lipinski definition) is 5. The number of thioether (sulfide) groups is 1. The maximum Gasteiger partial charge on any atom is 0.292 e. The fourth-order valence-corrected chi connectivity index (χ4v) is 3.18. The molecule has 0 aliphatic heterocycles. The zero-order chi connectivity index (χ0) is 13.8. The van der Waals surface area contributed by atoms with Gasteiger partial charge in [0, 0.05) is 17.4 Å². The molecule has 19 heavy (non-hydrogen) atoms. The topological polar surface area (TPSA) is 79.0 Å². The van der Waals surface area contributed by atoms with Gasteiger partial charge in [-0.1, -0.05) is 0 Å². The summed E-state index contributed by atoms with van der Waals surface area (Å²) >= 11 is 1.84. The van der Waals surface area contributed by atoms with Crippen LogP contribution in [0.1, 0.15) is 24.8 Å². The number of rotatable bonds is 4. The lowest BCUT2D eigenvalue weighted by Gasteiger charge is -2.14. The van der Waals surface area contributed by atoms with Crippen molar-refractivity contribution in [3.05, 3.63) is 33.9 Å². The molecule has 1 aliphatic carbocycles. The first-order valence-corrected chi connectivity index (χ1v) is 7.40. The maximum atomic E-state index is 11.0. The summed E-state index contributed by atoms with van der Waals surface area (Å²) in [5, 5.41) is 23.7. The molecule has 0 amide bonds. The van der Waals surface area contributed by atoms with Gasteiger partial charge in [-0.05, 0) is 37.7 Å². The van der Waals surface area contributed by atoms with E-state index < -0.39 is 4.92 Å². The van der Waals surface area contributed by atoms with Crippen molar-refractivity contribution in [1.82, 2.24) is 0 Å². The minimum Gasteiger partial charge on any atom is -0.377 e. The number of nitro groups is 1. The molecule has 0 radical (unpaired) electrons. The molecule has 0 bridgehead atoms. The van der Waals surface area contributed by atoms with Crippen LogP contribution in [-0.4, -0.2) is 22.5 Å². The SMILES string of the molecule is CSC1CCC(Nc2cc(C#N)ccc2[N+](=O)[O-])C1. The first-order chi connectivity index (χ1) is 9.13. The number of benzene rings is 1. The molecule has 2 unspecified atom stereocenters. The molecule has 1 aromatic carbocycles. The summed E-state index contributed by atoms with van der Waals surface area (Å²) in [5.74, 6) is 0. The molecule has 5 nitrogen and oxygen atoms in total. The molecule has 100 valence electrons. The second-order valence-electron chi connectivity index (χ2n) is 4.61. The molecule has 1 saturated carbocycles. The number of nitriles is 1. The van der Waals surface area contributed by atoms with Crippen molar-refractivity contribution >= 4 is 23.1 Å². The van der Waals surface area contributed by atoms with Crippen LogP contribution in [0.25, 0.3) is 0 Å². The molecule has 0 saturated heterocycles. The lowest BCUT2D eigenvalue weighted by atomic mass is 10.1. The van der Waals surface area contributed by atoms with Gasteiger partial charge in [-0.25, -0.2) is 0 Å². The predicted molar refractivity (Wildman–Crippen MR) is 76.4 cm³/mol. The fourth-order valence-electron chi connectivity index (χ4n) is 2.39. The van der Waals surface area contributed by atoms with Gasteiger partial charge in [0.1, 0.15) is 5.69 Å². The van der Waals surface area contributed by atoms with E-state index in [-0.39, 0.29) is 11.7 Å². The Morgan fingerprint density at radius 1 is 1.53 bits per heavy atom. The number of nitro benzene ring substituents is 1. The van der Waals surface area contributed by atoms with Crippen LogP contribution >= 0.6 is 11.8 Å². The molecule has 0 spiro atoms. The Balaban J connectivity index is 2.19. The molecule has 6 heteroatoms. The van der Waals surface area contributed by atoms with Gasteiger partial charge in [0.15, 0.2) is 0 Å². The van der Waals surface area contributed by atoms with E-state index in [9.17, 15) is 10.1 Å². The van der Waals surface area contributed by atoms with Crippen LogP contribution in [0.4, 0.5) is 11.4 Å². The summed E-state index contributed by atoms with van der Waals surface area (Å²) < 4.78 is 0. The summed E-state index contributed by atoms with van der Waals surface area (Å²) in [6, 6.07) is 6.69. The Hall–Kier alpha value is -1.74. The monoisotopic (exact) mass is 277 g/mol. The molecule has 2 rings (SSSR count). The lowest BCUT2D eigenvalue weighted by Crippen LogP contribution is -2.17. The van der Waals surface area contributed by atoms with Crippen molar-refractivity contribution < 1.29 is 4.92 Å².